The van der Waals surface area contributed by atoms with E-state index in [2.05, 4.69) is 9.97 Å². The van der Waals surface area contributed by atoms with Crippen molar-refractivity contribution in [1.29, 1.82) is 0 Å². The SMILES string of the molecule is CC1=C(CCC(=O)[O-])c2cc3[nH]c(cc4nc(cc5[nH]c(cc1n2)c(C)c5C(C)O)C(C)=C4C(C)O)c(C)c3CCC(=O)[O-].[Ni+2]. The van der Waals surface area contributed by atoms with Crippen LogP contribution in [0.15, 0.2) is 24.3 Å². The van der Waals surface area contributed by atoms with Crippen molar-refractivity contribution in [3.63, 3.8) is 0 Å². The second-order valence-electron chi connectivity index (χ2n) is 11.6. The Balaban J connectivity index is 0.00000461. The Hall–Kier alpha value is -4.05. The standard InChI is InChI=1S/C34H38N4O6.Ni/c1-15-21(7-9-31(41)42)27-14-28-22(8-10-32(43)44)16(2)24(36-28)12-29-34(20(6)40)18(4)26(38-29)13-30-33(19(5)39)17(3)25(37-30)11-23(15)35-27;/h11-14,19-20,36-37,39-40H,7-10H2,1-6H3,(H,41,42)(H,43,44);/q;+2/p-2. The summed E-state index contributed by atoms with van der Waals surface area (Å²) >= 11 is 0. The molecule has 0 spiro atoms. The Kier molecular flexibility index (Phi) is 9.87. The summed E-state index contributed by atoms with van der Waals surface area (Å²) in [5.74, 6) is -2.34. The number of fused-ring (bicyclic) bond motifs is 8. The number of nitrogens with one attached hydrogen (secondary N) is 2. The topological polar surface area (TPSA) is 178 Å². The van der Waals surface area contributed by atoms with E-state index in [0.717, 1.165) is 38.9 Å². The van der Waals surface area contributed by atoms with Gasteiger partial charge in [0.2, 0.25) is 0 Å². The number of aliphatic hydroxyl groups excluding tert-OH is 2. The van der Waals surface area contributed by atoms with E-state index in [4.69, 9.17) is 9.97 Å². The van der Waals surface area contributed by atoms with Gasteiger partial charge < -0.3 is 40.0 Å². The van der Waals surface area contributed by atoms with Crippen LogP contribution in [0.25, 0.3) is 44.4 Å². The Labute approximate surface area is 270 Å². The third kappa shape index (κ3) is 6.52. The molecule has 3 aromatic rings. The van der Waals surface area contributed by atoms with Crippen LogP contribution in [0, 0.1) is 13.8 Å². The number of carbonyl (C=O) groups excluding carboxylic acids is 2. The number of hydrogen-bond acceptors (Lipinski definition) is 8. The molecule has 5 heterocycles. The maximum Gasteiger partial charge on any atom is 2.00 e. The number of carboxylic acid groups (broad SMARTS) is 2. The largest absolute Gasteiger partial charge is 2.00 e. The molecule has 0 amide bonds. The maximum absolute atomic E-state index is 11.4. The number of nitrogens with zero attached hydrogens (tertiary/aromatic N) is 2. The van der Waals surface area contributed by atoms with E-state index in [0.29, 0.717) is 50.5 Å². The molecule has 0 saturated heterocycles. The second kappa shape index (κ2) is 13.1. The first-order chi connectivity index (χ1) is 20.8. The van der Waals surface area contributed by atoms with Crippen LogP contribution in [0.2, 0.25) is 0 Å². The van der Waals surface area contributed by atoms with Crippen LogP contribution in [0.1, 0.15) is 98.1 Å². The zero-order chi connectivity index (χ0) is 32.0. The Bertz CT molecular complexity index is 1930. The van der Waals surface area contributed by atoms with Gasteiger partial charge in [-0.2, -0.15) is 0 Å². The summed E-state index contributed by atoms with van der Waals surface area (Å²) in [5, 5.41) is 44.4. The van der Waals surface area contributed by atoms with Crippen LogP contribution < -0.4 is 10.2 Å². The van der Waals surface area contributed by atoms with Gasteiger partial charge in [0, 0.05) is 45.1 Å². The average molecular weight is 655 g/mol. The van der Waals surface area contributed by atoms with Gasteiger partial charge in [0.25, 0.3) is 0 Å². The monoisotopic (exact) mass is 654 g/mol. The van der Waals surface area contributed by atoms with E-state index in [1.165, 1.54) is 0 Å². The second-order valence-corrected chi connectivity index (χ2v) is 11.6. The Morgan fingerprint density at radius 3 is 1.84 bits per heavy atom. The van der Waals surface area contributed by atoms with Gasteiger partial charge >= 0.3 is 16.5 Å². The molecule has 8 bridgehead atoms. The van der Waals surface area contributed by atoms with E-state index in [1.807, 2.05) is 52.0 Å². The molecule has 10 nitrogen and oxygen atoms in total. The molecule has 0 fully saturated rings. The molecule has 0 aliphatic carbocycles. The van der Waals surface area contributed by atoms with Crippen LogP contribution in [0.4, 0.5) is 0 Å². The van der Waals surface area contributed by atoms with E-state index in [9.17, 15) is 30.0 Å². The Morgan fingerprint density at radius 1 is 0.711 bits per heavy atom. The first-order valence-corrected chi connectivity index (χ1v) is 14.7. The minimum atomic E-state index is -1.17. The zero-order valence-electron chi connectivity index (χ0n) is 26.0. The quantitative estimate of drug-likeness (QED) is 0.267. The van der Waals surface area contributed by atoms with E-state index >= 15 is 0 Å². The number of H-pyrrole nitrogens is 2. The van der Waals surface area contributed by atoms with Crippen molar-refractivity contribution in [2.45, 2.75) is 79.4 Å². The van der Waals surface area contributed by atoms with Gasteiger partial charge in [0.05, 0.1) is 35.0 Å². The number of rotatable bonds is 8. The predicted molar refractivity (Wildman–Crippen MR) is 165 cm³/mol. The fraction of sp³-hybridized carbons (Fsp3) is 0.353. The summed E-state index contributed by atoms with van der Waals surface area (Å²) in [6.07, 6.45) is -1.56. The van der Waals surface area contributed by atoms with Gasteiger partial charge in [-0.15, -0.1) is 0 Å². The molecule has 0 aromatic carbocycles. The van der Waals surface area contributed by atoms with E-state index in [1.54, 1.807) is 13.8 Å². The fourth-order valence-electron chi connectivity index (χ4n) is 6.30. The van der Waals surface area contributed by atoms with Crippen molar-refractivity contribution in [2.24, 2.45) is 0 Å². The molecule has 2 aliphatic rings. The number of carboxylic acids is 2. The van der Waals surface area contributed by atoms with Gasteiger partial charge in [0.15, 0.2) is 0 Å². The molecule has 2 aliphatic heterocycles. The summed E-state index contributed by atoms with van der Waals surface area (Å²) < 4.78 is 0. The average Bonchev–Trinajstić information content (AvgIpc) is 3.59. The van der Waals surface area contributed by atoms with Crippen LogP contribution in [-0.4, -0.2) is 48.2 Å². The summed E-state index contributed by atoms with van der Waals surface area (Å²) in [5.41, 5.74) is 11.3. The molecular formula is C34H36N4NiO6. The van der Waals surface area contributed by atoms with Gasteiger partial charge in [-0.1, -0.05) is 0 Å². The van der Waals surface area contributed by atoms with Gasteiger partial charge in [-0.3, -0.25) is 0 Å². The molecule has 0 radical (unpaired) electrons. The number of aromatic nitrogens is 4. The maximum atomic E-state index is 11.4. The Morgan fingerprint density at radius 2 is 1.22 bits per heavy atom. The normalized spacial score (nSPS) is 14.4. The van der Waals surface area contributed by atoms with E-state index < -0.39 is 24.1 Å². The number of hydrogen-bond donors (Lipinski definition) is 4. The predicted octanol–water partition coefficient (Wildman–Crippen LogP) is 3.44. The van der Waals surface area contributed by atoms with Gasteiger partial charge in [-0.25, -0.2) is 9.97 Å². The van der Waals surface area contributed by atoms with Crippen molar-refractivity contribution in [3.05, 3.63) is 69.3 Å². The molecule has 5 rings (SSSR count). The molecule has 4 N–H and O–H groups in total. The summed E-state index contributed by atoms with van der Waals surface area (Å²) in [6.45, 7) is 11.0. The van der Waals surface area contributed by atoms with Crippen LogP contribution >= 0.6 is 0 Å². The van der Waals surface area contributed by atoms with Crippen molar-refractivity contribution in [3.8, 4) is 0 Å². The first-order valence-electron chi connectivity index (χ1n) is 14.7. The van der Waals surface area contributed by atoms with Crippen LogP contribution in [-0.2, 0) is 32.5 Å². The smallest absolute Gasteiger partial charge is 0.550 e. The number of aliphatic hydroxyl groups is 2. The molecule has 11 heteroatoms. The van der Waals surface area contributed by atoms with Crippen molar-refractivity contribution < 1.29 is 46.5 Å². The molecule has 0 saturated carbocycles. The number of aryl methyl sites for hydroxylation is 3. The van der Waals surface area contributed by atoms with Gasteiger partial charge in [-0.05, 0) is 125 Å². The molecule has 2 unspecified atom stereocenters. The number of aliphatic carboxylic acids is 2. The zero-order valence-corrected chi connectivity index (χ0v) is 27.0. The fourth-order valence-corrected chi connectivity index (χ4v) is 6.30. The van der Waals surface area contributed by atoms with Crippen molar-refractivity contribution in [2.75, 3.05) is 0 Å². The summed E-state index contributed by atoms with van der Waals surface area (Å²) in [4.78, 5) is 39.5. The third-order valence-electron chi connectivity index (χ3n) is 8.63. The first kappa shape index (κ1) is 33.8. The van der Waals surface area contributed by atoms with Gasteiger partial charge in [0.1, 0.15) is 0 Å². The molecule has 2 atom stereocenters. The minimum absolute atomic E-state index is 0. The molecule has 238 valence electrons. The van der Waals surface area contributed by atoms with Crippen LogP contribution in [0.3, 0.4) is 0 Å². The van der Waals surface area contributed by atoms with Crippen molar-refractivity contribution in [1.82, 2.24) is 19.9 Å². The summed E-state index contributed by atoms with van der Waals surface area (Å²) in [6, 6.07) is 7.41. The minimum Gasteiger partial charge on any atom is -0.550 e. The number of allylic oxidation sites excluding steroid dienone is 3. The molecular weight excluding hydrogens is 619 g/mol. The third-order valence-corrected chi connectivity index (χ3v) is 8.63. The van der Waals surface area contributed by atoms with Crippen molar-refractivity contribution >= 4 is 56.3 Å². The van der Waals surface area contributed by atoms with Crippen LogP contribution in [0.5, 0.6) is 0 Å². The summed E-state index contributed by atoms with van der Waals surface area (Å²) in [7, 11) is 0. The van der Waals surface area contributed by atoms with E-state index in [-0.39, 0.29) is 42.2 Å². The number of aromatic amines is 2. The number of carbonyl (C=O) groups is 2. The molecule has 45 heavy (non-hydrogen) atoms. The molecule has 3 aromatic heterocycles.